The molecule has 4 nitrogen and oxygen atoms in total. The number of nitrogens with zero attached hydrogens (tertiary/aromatic N) is 2. The summed E-state index contributed by atoms with van der Waals surface area (Å²) in [7, 11) is 0. The molecule has 1 aromatic heterocycles. The molecule has 2 aromatic carbocycles. The van der Waals surface area contributed by atoms with E-state index < -0.39 is 58.0 Å². The lowest BCUT2D eigenvalue weighted by atomic mass is 10.1. The molecule has 0 aliphatic heterocycles. The number of rotatable bonds is 5. The van der Waals surface area contributed by atoms with Gasteiger partial charge in [-0.25, -0.2) is 4.68 Å². The molecule has 176 valence electrons. The van der Waals surface area contributed by atoms with Gasteiger partial charge in [0.25, 0.3) is 11.8 Å². The van der Waals surface area contributed by atoms with Crippen molar-refractivity contribution in [1.82, 2.24) is 15.1 Å². The first kappa shape index (κ1) is 24.5. The Bertz CT molecular complexity index is 1170. The van der Waals surface area contributed by atoms with Gasteiger partial charge in [0, 0.05) is 11.8 Å². The number of halogens is 9. The smallest absolute Gasteiger partial charge is 0.346 e. The number of aromatic nitrogens is 2. The van der Waals surface area contributed by atoms with Gasteiger partial charge in [0.05, 0.1) is 40.1 Å². The van der Waals surface area contributed by atoms with Crippen molar-refractivity contribution in [2.75, 3.05) is 6.54 Å². The van der Waals surface area contributed by atoms with Crippen molar-refractivity contribution in [2.24, 2.45) is 0 Å². The van der Waals surface area contributed by atoms with Gasteiger partial charge in [0.1, 0.15) is 0 Å². The Kier molecular flexibility index (Phi) is 6.42. The molecule has 0 fully saturated rings. The van der Waals surface area contributed by atoms with Crippen molar-refractivity contribution in [2.45, 2.75) is 18.3 Å². The Labute approximate surface area is 185 Å². The summed E-state index contributed by atoms with van der Waals surface area (Å²) in [6.45, 7) is -1.38. The molecule has 0 aliphatic rings. The molecule has 0 aliphatic carbocycles. The Morgan fingerprint density at radius 1 is 0.939 bits per heavy atom. The number of hydrogen-bond acceptors (Lipinski definition) is 2. The fourth-order valence-corrected chi connectivity index (χ4v) is 3.18. The van der Waals surface area contributed by atoms with Crippen LogP contribution in [0.15, 0.2) is 54.9 Å². The molecule has 0 saturated carbocycles. The van der Waals surface area contributed by atoms with Crippen LogP contribution in [0.2, 0.25) is 5.02 Å². The maximum atomic E-state index is 14.6. The number of amides is 1. The largest absolute Gasteiger partial charge is 0.419 e. The van der Waals surface area contributed by atoms with E-state index in [1.165, 1.54) is 0 Å². The van der Waals surface area contributed by atoms with Gasteiger partial charge in [-0.2, -0.15) is 40.2 Å². The predicted molar refractivity (Wildman–Crippen MR) is 101 cm³/mol. The fraction of sp³-hybridized carbons (Fsp3) is 0.200. The summed E-state index contributed by atoms with van der Waals surface area (Å²) in [6.07, 6.45) is -8.33. The van der Waals surface area contributed by atoms with Gasteiger partial charge in [0.2, 0.25) is 0 Å². The fourth-order valence-electron chi connectivity index (χ4n) is 2.86. The molecule has 0 saturated heterocycles. The molecule has 0 bridgehead atoms. The minimum atomic E-state index is -4.87. The molecule has 1 heterocycles. The zero-order valence-electron chi connectivity index (χ0n) is 16.1. The Balaban J connectivity index is 1.78. The molecule has 1 N–H and O–H groups in total. The SMILES string of the molecule is O=C(NCC(F)(F)c1ccc(-n2cc(C(F)(F)F)cn2)cc1Cl)c1ccccc1C(F)(F)F. The Morgan fingerprint density at radius 3 is 2.18 bits per heavy atom. The molecular formula is C20H12ClF8N3O. The molecule has 3 aromatic rings. The molecule has 1 amide bonds. The van der Waals surface area contributed by atoms with Gasteiger partial charge in [-0.15, -0.1) is 0 Å². The number of alkyl halides is 8. The summed E-state index contributed by atoms with van der Waals surface area (Å²) in [5.74, 6) is -5.17. The number of hydrogen-bond donors (Lipinski definition) is 1. The van der Waals surface area contributed by atoms with E-state index in [0.717, 1.165) is 41.1 Å². The average molecular weight is 498 g/mol. The van der Waals surface area contributed by atoms with Crippen LogP contribution in [0.5, 0.6) is 0 Å². The first-order valence-electron chi connectivity index (χ1n) is 8.94. The number of nitrogens with one attached hydrogen (secondary N) is 1. The average Bonchev–Trinajstić information content (AvgIpc) is 3.22. The number of benzene rings is 2. The standard InChI is InChI=1S/C20H12ClF8N3O/c21-16-7-12(32-9-11(8-31-32)19(24,25)26)5-6-15(16)18(22,23)10-30-17(33)13-3-1-2-4-14(13)20(27,28)29/h1-9H,10H2,(H,30,33). The van der Waals surface area contributed by atoms with E-state index in [1.54, 1.807) is 5.32 Å². The molecule has 0 unspecified atom stereocenters. The monoisotopic (exact) mass is 497 g/mol. The van der Waals surface area contributed by atoms with Crippen LogP contribution < -0.4 is 5.32 Å². The van der Waals surface area contributed by atoms with Crippen molar-refractivity contribution < 1.29 is 39.9 Å². The van der Waals surface area contributed by atoms with Crippen molar-refractivity contribution in [3.05, 3.63) is 82.1 Å². The van der Waals surface area contributed by atoms with E-state index in [1.807, 2.05) is 0 Å². The van der Waals surface area contributed by atoms with Gasteiger partial charge in [0.15, 0.2) is 0 Å². The highest BCUT2D eigenvalue weighted by Crippen LogP contribution is 2.36. The lowest BCUT2D eigenvalue weighted by molar-refractivity contribution is -0.138. The van der Waals surface area contributed by atoms with Crippen molar-refractivity contribution in [3.8, 4) is 5.69 Å². The van der Waals surface area contributed by atoms with Crippen LogP contribution in [0.4, 0.5) is 35.1 Å². The Morgan fingerprint density at radius 2 is 1.61 bits per heavy atom. The van der Waals surface area contributed by atoms with Crippen LogP contribution in [-0.2, 0) is 18.3 Å². The van der Waals surface area contributed by atoms with Gasteiger partial charge < -0.3 is 5.32 Å². The van der Waals surface area contributed by atoms with E-state index in [0.29, 0.717) is 18.5 Å². The van der Waals surface area contributed by atoms with E-state index in [-0.39, 0.29) is 5.69 Å². The maximum absolute atomic E-state index is 14.6. The minimum absolute atomic E-state index is 0.0433. The summed E-state index contributed by atoms with van der Waals surface area (Å²) in [5, 5.41) is 4.71. The quantitative estimate of drug-likeness (QED) is 0.434. The second kappa shape index (κ2) is 8.65. The van der Waals surface area contributed by atoms with Crippen molar-refractivity contribution in [3.63, 3.8) is 0 Å². The molecular weight excluding hydrogens is 486 g/mol. The Hall–Kier alpha value is -3.15. The molecule has 0 radical (unpaired) electrons. The summed E-state index contributed by atoms with van der Waals surface area (Å²) < 4.78 is 107. The molecule has 3 rings (SSSR count). The van der Waals surface area contributed by atoms with Crippen LogP contribution in [0, 0.1) is 0 Å². The summed E-state index contributed by atoms with van der Waals surface area (Å²) in [4.78, 5) is 12.1. The van der Waals surface area contributed by atoms with Crippen LogP contribution in [0.3, 0.4) is 0 Å². The van der Waals surface area contributed by atoms with E-state index in [4.69, 9.17) is 11.6 Å². The van der Waals surface area contributed by atoms with Crippen LogP contribution >= 0.6 is 11.6 Å². The normalized spacial score (nSPS) is 12.6. The predicted octanol–water partition coefficient (Wildman–Crippen LogP) is 6.09. The summed E-state index contributed by atoms with van der Waals surface area (Å²) in [5.41, 5.74) is -4.01. The van der Waals surface area contributed by atoms with E-state index in [2.05, 4.69) is 5.10 Å². The van der Waals surface area contributed by atoms with Crippen LogP contribution in [0.1, 0.15) is 27.0 Å². The van der Waals surface area contributed by atoms with Crippen molar-refractivity contribution in [1.29, 1.82) is 0 Å². The summed E-state index contributed by atoms with van der Waals surface area (Å²) >= 11 is 5.87. The highest BCUT2D eigenvalue weighted by molar-refractivity contribution is 6.31. The molecule has 13 heteroatoms. The second-order valence-electron chi connectivity index (χ2n) is 6.77. The molecule has 0 atom stereocenters. The van der Waals surface area contributed by atoms with Crippen molar-refractivity contribution >= 4 is 17.5 Å². The van der Waals surface area contributed by atoms with Crippen LogP contribution in [0.25, 0.3) is 5.69 Å². The highest BCUT2D eigenvalue weighted by atomic mass is 35.5. The molecule has 0 spiro atoms. The lowest BCUT2D eigenvalue weighted by Gasteiger charge is -2.20. The maximum Gasteiger partial charge on any atom is 0.419 e. The third kappa shape index (κ3) is 5.44. The number of carbonyl (C=O) groups excluding carboxylic acids is 1. The topological polar surface area (TPSA) is 46.9 Å². The van der Waals surface area contributed by atoms with Gasteiger partial charge in [-0.05, 0) is 30.3 Å². The van der Waals surface area contributed by atoms with E-state index in [9.17, 15) is 39.9 Å². The van der Waals surface area contributed by atoms with Gasteiger partial charge >= 0.3 is 12.4 Å². The minimum Gasteiger partial charge on any atom is -0.346 e. The third-order valence-corrected chi connectivity index (χ3v) is 4.78. The van der Waals surface area contributed by atoms with Gasteiger partial charge in [-0.3, -0.25) is 4.79 Å². The number of carbonyl (C=O) groups is 1. The molecule has 33 heavy (non-hydrogen) atoms. The third-order valence-electron chi connectivity index (χ3n) is 4.47. The van der Waals surface area contributed by atoms with Gasteiger partial charge in [-0.1, -0.05) is 23.7 Å². The second-order valence-corrected chi connectivity index (χ2v) is 7.17. The zero-order chi connectivity index (χ0) is 24.6. The lowest BCUT2D eigenvalue weighted by Crippen LogP contribution is -2.36. The van der Waals surface area contributed by atoms with E-state index >= 15 is 0 Å². The zero-order valence-corrected chi connectivity index (χ0v) is 16.9. The first-order chi connectivity index (χ1) is 15.2. The first-order valence-corrected chi connectivity index (χ1v) is 9.32. The summed E-state index contributed by atoms with van der Waals surface area (Å²) in [6, 6.07) is 6.48. The highest BCUT2D eigenvalue weighted by Gasteiger charge is 2.38. The van der Waals surface area contributed by atoms with Crippen LogP contribution in [-0.4, -0.2) is 22.2 Å².